The molecule has 2 aromatic carbocycles. The van der Waals surface area contributed by atoms with E-state index < -0.39 is 12.1 Å². The van der Waals surface area contributed by atoms with E-state index in [9.17, 15) is 9.59 Å². The average Bonchev–Trinajstić information content (AvgIpc) is 2.70. The summed E-state index contributed by atoms with van der Waals surface area (Å²) in [4.78, 5) is 29.1. The molecule has 172 valence electrons. The first-order chi connectivity index (χ1) is 15.1. The predicted molar refractivity (Wildman–Crippen MR) is 124 cm³/mol. The zero-order valence-electron chi connectivity index (χ0n) is 19.7. The Hall–Kier alpha value is -3.12. The fourth-order valence-corrected chi connectivity index (χ4v) is 3.33. The standard InChI is InChI=1S/C26H33NO5/c1-18-15-19(2)23(20(3)16-18)24(28)32-27-25(29)30-14-10-13-22(26(4,5)6)31-17-21-11-8-7-9-12-21/h7-13,15-16,22H,14,17H2,1-6H3,(H,27,29)/b13-10+. The first-order valence-corrected chi connectivity index (χ1v) is 10.6. The lowest BCUT2D eigenvalue weighted by Crippen LogP contribution is -2.29. The van der Waals surface area contributed by atoms with Crippen molar-refractivity contribution in [2.45, 2.75) is 54.3 Å². The van der Waals surface area contributed by atoms with E-state index in [0.29, 0.717) is 12.2 Å². The molecular weight excluding hydrogens is 406 g/mol. The third-order valence-electron chi connectivity index (χ3n) is 4.86. The van der Waals surface area contributed by atoms with Gasteiger partial charge in [0.1, 0.15) is 6.61 Å². The van der Waals surface area contributed by atoms with Crippen LogP contribution in [0.3, 0.4) is 0 Å². The summed E-state index contributed by atoms with van der Waals surface area (Å²) >= 11 is 0. The molecule has 1 amide bonds. The van der Waals surface area contributed by atoms with Crippen molar-refractivity contribution < 1.29 is 23.9 Å². The van der Waals surface area contributed by atoms with Crippen molar-refractivity contribution in [1.29, 1.82) is 0 Å². The Labute approximate surface area is 190 Å². The fraction of sp³-hybridized carbons (Fsp3) is 0.385. The molecule has 0 fully saturated rings. The van der Waals surface area contributed by atoms with Crippen LogP contribution in [0.25, 0.3) is 0 Å². The summed E-state index contributed by atoms with van der Waals surface area (Å²) in [6, 6.07) is 13.7. The number of benzene rings is 2. The summed E-state index contributed by atoms with van der Waals surface area (Å²) in [5.74, 6) is -0.630. The molecule has 32 heavy (non-hydrogen) atoms. The lowest BCUT2D eigenvalue weighted by Gasteiger charge is -2.28. The van der Waals surface area contributed by atoms with Gasteiger partial charge in [-0.1, -0.05) is 74.9 Å². The van der Waals surface area contributed by atoms with E-state index in [1.165, 1.54) is 0 Å². The van der Waals surface area contributed by atoms with Crippen molar-refractivity contribution in [3.8, 4) is 0 Å². The topological polar surface area (TPSA) is 73.9 Å². The van der Waals surface area contributed by atoms with Gasteiger partial charge in [-0.3, -0.25) is 0 Å². The Balaban J connectivity index is 1.81. The molecule has 0 saturated heterocycles. The quantitative estimate of drug-likeness (QED) is 0.449. The maximum Gasteiger partial charge on any atom is 0.441 e. The van der Waals surface area contributed by atoms with Crippen molar-refractivity contribution in [3.63, 3.8) is 0 Å². The van der Waals surface area contributed by atoms with Crippen LogP contribution >= 0.6 is 0 Å². The molecule has 0 spiro atoms. The Kier molecular flexibility index (Phi) is 9.02. The van der Waals surface area contributed by atoms with Gasteiger partial charge in [0.15, 0.2) is 0 Å². The predicted octanol–water partition coefficient (Wildman–Crippen LogP) is 5.60. The van der Waals surface area contributed by atoms with Gasteiger partial charge in [0.2, 0.25) is 0 Å². The van der Waals surface area contributed by atoms with Crippen molar-refractivity contribution in [2.24, 2.45) is 5.41 Å². The van der Waals surface area contributed by atoms with Crippen LogP contribution < -0.4 is 5.48 Å². The van der Waals surface area contributed by atoms with Gasteiger partial charge in [-0.2, -0.15) is 0 Å². The van der Waals surface area contributed by atoms with Crippen LogP contribution in [0, 0.1) is 26.2 Å². The van der Waals surface area contributed by atoms with Crippen LogP contribution in [-0.4, -0.2) is 24.8 Å². The number of carbonyl (C=O) groups excluding carboxylic acids is 2. The minimum Gasteiger partial charge on any atom is -0.443 e. The molecule has 1 N–H and O–H groups in total. The molecule has 0 aliphatic heterocycles. The second kappa shape index (κ2) is 11.5. The lowest BCUT2D eigenvalue weighted by molar-refractivity contribution is 0.00360. The van der Waals surface area contributed by atoms with Crippen molar-refractivity contribution in [1.82, 2.24) is 5.48 Å². The van der Waals surface area contributed by atoms with Crippen LogP contribution in [-0.2, 0) is 20.9 Å². The zero-order valence-corrected chi connectivity index (χ0v) is 19.7. The zero-order chi connectivity index (χ0) is 23.7. The van der Waals surface area contributed by atoms with Crippen LogP contribution in [0.15, 0.2) is 54.6 Å². The van der Waals surface area contributed by atoms with Gasteiger partial charge in [0.05, 0.1) is 18.3 Å². The Morgan fingerprint density at radius 3 is 2.25 bits per heavy atom. The van der Waals surface area contributed by atoms with Crippen molar-refractivity contribution in [2.75, 3.05) is 6.61 Å². The number of carbonyl (C=O) groups is 2. The number of hydroxylamine groups is 1. The molecule has 6 heteroatoms. The Morgan fingerprint density at radius 1 is 1.03 bits per heavy atom. The van der Waals surface area contributed by atoms with E-state index in [2.05, 4.69) is 20.8 Å². The Bertz CT molecular complexity index is 921. The van der Waals surface area contributed by atoms with E-state index >= 15 is 0 Å². The van der Waals surface area contributed by atoms with Crippen LogP contribution in [0.5, 0.6) is 0 Å². The van der Waals surface area contributed by atoms with Gasteiger partial charge in [-0.25, -0.2) is 9.59 Å². The summed E-state index contributed by atoms with van der Waals surface area (Å²) in [6.45, 7) is 12.3. The number of hydrogen-bond acceptors (Lipinski definition) is 5. The molecule has 0 saturated carbocycles. The van der Waals surface area contributed by atoms with Crippen LogP contribution in [0.4, 0.5) is 4.79 Å². The van der Waals surface area contributed by atoms with Crippen LogP contribution in [0.2, 0.25) is 0 Å². The van der Waals surface area contributed by atoms with E-state index in [1.54, 1.807) is 6.08 Å². The molecule has 0 aromatic heterocycles. The highest BCUT2D eigenvalue weighted by molar-refractivity contribution is 5.93. The second-order valence-corrected chi connectivity index (χ2v) is 8.88. The minimum atomic E-state index is -0.845. The highest BCUT2D eigenvalue weighted by Crippen LogP contribution is 2.24. The van der Waals surface area contributed by atoms with E-state index in [0.717, 1.165) is 22.3 Å². The number of amides is 1. The SMILES string of the molecule is Cc1cc(C)c(C(=O)ONC(=O)OC/C=C/C(OCc2ccccc2)C(C)(C)C)c(C)c1. The molecule has 6 nitrogen and oxygen atoms in total. The van der Waals surface area contributed by atoms with E-state index in [-0.39, 0.29) is 18.1 Å². The summed E-state index contributed by atoms with van der Waals surface area (Å²) in [7, 11) is 0. The van der Waals surface area contributed by atoms with Gasteiger partial charge in [-0.15, -0.1) is 5.48 Å². The molecule has 0 aliphatic rings. The van der Waals surface area contributed by atoms with Gasteiger partial charge in [0, 0.05) is 0 Å². The smallest absolute Gasteiger partial charge is 0.441 e. The van der Waals surface area contributed by atoms with Gasteiger partial charge in [0.25, 0.3) is 0 Å². The number of aryl methyl sites for hydroxylation is 3. The normalized spacial score (nSPS) is 12.4. The molecule has 2 rings (SSSR count). The molecule has 2 aromatic rings. The lowest BCUT2D eigenvalue weighted by atomic mass is 9.88. The Morgan fingerprint density at radius 2 is 1.66 bits per heavy atom. The first-order valence-electron chi connectivity index (χ1n) is 10.6. The average molecular weight is 440 g/mol. The summed E-state index contributed by atoms with van der Waals surface area (Å²) in [5.41, 5.74) is 6.05. The molecule has 0 radical (unpaired) electrons. The number of hydrogen-bond donors (Lipinski definition) is 1. The monoisotopic (exact) mass is 439 g/mol. The molecule has 1 atom stereocenters. The number of rotatable bonds is 7. The highest BCUT2D eigenvalue weighted by Gasteiger charge is 2.23. The summed E-state index contributed by atoms with van der Waals surface area (Å²) in [5, 5.41) is 0. The van der Waals surface area contributed by atoms with Gasteiger partial charge < -0.3 is 14.3 Å². The number of nitrogens with one attached hydrogen (secondary N) is 1. The second-order valence-electron chi connectivity index (χ2n) is 8.88. The maximum absolute atomic E-state index is 12.3. The molecule has 0 bridgehead atoms. The van der Waals surface area contributed by atoms with Crippen molar-refractivity contribution in [3.05, 3.63) is 82.4 Å². The third-order valence-corrected chi connectivity index (χ3v) is 4.86. The third kappa shape index (κ3) is 7.85. The number of ether oxygens (including phenoxy) is 2. The molecular formula is C26H33NO5. The van der Waals surface area contributed by atoms with Gasteiger partial charge >= 0.3 is 12.1 Å². The largest absolute Gasteiger partial charge is 0.443 e. The summed E-state index contributed by atoms with van der Waals surface area (Å²) in [6.07, 6.45) is 2.58. The first kappa shape index (κ1) is 25.1. The minimum absolute atomic E-state index is 0.0211. The van der Waals surface area contributed by atoms with E-state index in [1.807, 2.05) is 74.8 Å². The van der Waals surface area contributed by atoms with E-state index in [4.69, 9.17) is 14.3 Å². The highest BCUT2D eigenvalue weighted by atomic mass is 16.7. The molecule has 0 heterocycles. The van der Waals surface area contributed by atoms with Crippen LogP contribution in [0.1, 0.15) is 53.4 Å². The van der Waals surface area contributed by atoms with Crippen molar-refractivity contribution >= 4 is 12.1 Å². The molecule has 1 unspecified atom stereocenters. The van der Waals surface area contributed by atoms with Gasteiger partial charge in [-0.05, 0) is 49.0 Å². The summed E-state index contributed by atoms with van der Waals surface area (Å²) < 4.78 is 11.1. The fourth-order valence-electron chi connectivity index (χ4n) is 3.33. The maximum atomic E-state index is 12.3. The molecule has 0 aliphatic carbocycles.